The SMILES string of the molecule is CC(C)N(CC(N)=O)CC(=O)NCc1cccs1. The predicted molar refractivity (Wildman–Crippen MR) is 72.1 cm³/mol. The second-order valence-electron chi connectivity index (χ2n) is 4.32. The fourth-order valence-electron chi connectivity index (χ4n) is 1.46. The molecule has 1 aromatic heterocycles. The lowest BCUT2D eigenvalue weighted by molar-refractivity contribution is -0.124. The standard InChI is InChI=1S/C12H19N3O2S/c1-9(2)15(7-11(13)16)8-12(17)14-6-10-4-3-5-18-10/h3-5,9H,6-8H2,1-2H3,(H2,13,16)(H,14,17). The van der Waals surface area contributed by atoms with Crippen molar-refractivity contribution in [2.24, 2.45) is 5.73 Å². The smallest absolute Gasteiger partial charge is 0.234 e. The van der Waals surface area contributed by atoms with E-state index in [-0.39, 0.29) is 25.0 Å². The minimum Gasteiger partial charge on any atom is -0.369 e. The molecule has 2 amide bonds. The van der Waals surface area contributed by atoms with Gasteiger partial charge in [0, 0.05) is 10.9 Å². The highest BCUT2D eigenvalue weighted by Crippen LogP contribution is 2.07. The summed E-state index contributed by atoms with van der Waals surface area (Å²) in [5.41, 5.74) is 5.15. The molecule has 0 fully saturated rings. The van der Waals surface area contributed by atoms with Crippen LogP contribution in [0.5, 0.6) is 0 Å². The summed E-state index contributed by atoms with van der Waals surface area (Å²) in [6.07, 6.45) is 0. The second kappa shape index (κ2) is 7.13. The molecule has 0 spiro atoms. The first-order valence-electron chi connectivity index (χ1n) is 5.80. The number of nitrogens with one attached hydrogen (secondary N) is 1. The first-order valence-corrected chi connectivity index (χ1v) is 6.68. The van der Waals surface area contributed by atoms with E-state index in [1.807, 2.05) is 31.4 Å². The maximum absolute atomic E-state index is 11.7. The molecular weight excluding hydrogens is 250 g/mol. The maximum atomic E-state index is 11.7. The first kappa shape index (κ1) is 14.7. The van der Waals surface area contributed by atoms with Crippen molar-refractivity contribution in [1.29, 1.82) is 0 Å². The Morgan fingerprint density at radius 1 is 1.44 bits per heavy atom. The Bertz CT molecular complexity index is 390. The van der Waals surface area contributed by atoms with E-state index in [0.29, 0.717) is 6.54 Å². The molecule has 6 heteroatoms. The zero-order chi connectivity index (χ0) is 13.5. The van der Waals surface area contributed by atoms with Gasteiger partial charge in [0.25, 0.3) is 0 Å². The fourth-order valence-corrected chi connectivity index (χ4v) is 2.11. The van der Waals surface area contributed by atoms with E-state index in [9.17, 15) is 9.59 Å². The van der Waals surface area contributed by atoms with Gasteiger partial charge in [-0.05, 0) is 25.3 Å². The van der Waals surface area contributed by atoms with Crippen molar-refractivity contribution in [3.63, 3.8) is 0 Å². The molecule has 0 radical (unpaired) electrons. The topological polar surface area (TPSA) is 75.4 Å². The van der Waals surface area contributed by atoms with E-state index in [1.165, 1.54) is 0 Å². The summed E-state index contributed by atoms with van der Waals surface area (Å²) in [5.74, 6) is -0.520. The number of carbonyl (C=O) groups excluding carboxylic acids is 2. The highest BCUT2D eigenvalue weighted by Gasteiger charge is 2.15. The van der Waals surface area contributed by atoms with Crippen LogP contribution in [0.25, 0.3) is 0 Å². The van der Waals surface area contributed by atoms with Gasteiger partial charge in [0.1, 0.15) is 0 Å². The van der Waals surface area contributed by atoms with Crippen LogP contribution in [0.1, 0.15) is 18.7 Å². The zero-order valence-electron chi connectivity index (χ0n) is 10.7. The van der Waals surface area contributed by atoms with Gasteiger partial charge in [0.2, 0.25) is 11.8 Å². The molecule has 1 rings (SSSR count). The number of amides is 2. The number of hydrogen-bond acceptors (Lipinski definition) is 4. The van der Waals surface area contributed by atoms with Crippen LogP contribution >= 0.6 is 11.3 Å². The van der Waals surface area contributed by atoms with Gasteiger partial charge >= 0.3 is 0 Å². The van der Waals surface area contributed by atoms with Gasteiger partial charge in [-0.2, -0.15) is 0 Å². The van der Waals surface area contributed by atoms with Crippen molar-refractivity contribution in [3.8, 4) is 0 Å². The van der Waals surface area contributed by atoms with Crippen LogP contribution in [0.15, 0.2) is 17.5 Å². The molecule has 0 saturated carbocycles. The molecule has 0 bridgehead atoms. The molecule has 0 unspecified atom stereocenters. The van der Waals surface area contributed by atoms with Gasteiger partial charge in [0.15, 0.2) is 0 Å². The maximum Gasteiger partial charge on any atom is 0.234 e. The normalized spacial score (nSPS) is 10.9. The molecule has 3 N–H and O–H groups in total. The Morgan fingerprint density at radius 3 is 2.67 bits per heavy atom. The summed E-state index contributed by atoms with van der Waals surface area (Å²) in [6, 6.07) is 4.01. The number of carbonyl (C=O) groups is 2. The molecule has 0 aliphatic rings. The number of primary amides is 1. The highest BCUT2D eigenvalue weighted by molar-refractivity contribution is 7.09. The minimum absolute atomic E-state index is 0.0987. The molecule has 0 atom stereocenters. The largest absolute Gasteiger partial charge is 0.369 e. The van der Waals surface area contributed by atoms with Gasteiger partial charge in [-0.1, -0.05) is 6.07 Å². The molecule has 1 heterocycles. The zero-order valence-corrected chi connectivity index (χ0v) is 11.5. The van der Waals surface area contributed by atoms with Crippen LogP contribution in [0.4, 0.5) is 0 Å². The van der Waals surface area contributed by atoms with Crippen molar-refractivity contribution in [2.45, 2.75) is 26.4 Å². The van der Waals surface area contributed by atoms with E-state index < -0.39 is 5.91 Å². The summed E-state index contributed by atoms with van der Waals surface area (Å²) < 4.78 is 0. The fraction of sp³-hybridized carbons (Fsp3) is 0.500. The Kier molecular flexibility index (Phi) is 5.80. The highest BCUT2D eigenvalue weighted by atomic mass is 32.1. The third-order valence-electron chi connectivity index (χ3n) is 2.48. The molecule has 0 aromatic carbocycles. The third-order valence-corrected chi connectivity index (χ3v) is 3.35. The summed E-state index contributed by atoms with van der Waals surface area (Å²) >= 11 is 1.60. The summed E-state index contributed by atoms with van der Waals surface area (Å²) in [5, 5.41) is 4.79. The molecule has 18 heavy (non-hydrogen) atoms. The van der Waals surface area contributed by atoms with E-state index in [1.54, 1.807) is 16.2 Å². The number of nitrogens with two attached hydrogens (primary N) is 1. The van der Waals surface area contributed by atoms with E-state index in [2.05, 4.69) is 5.32 Å². The molecule has 100 valence electrons. The van der Waals surface area contributed by atoms with Crippen LogP contribution < -0.4 is 11.1 Å². The van der Waals surface area contributed by atoms with Crippen LogP contribution in [0, 0.1) is 0 Å². The Labute approximate surface area is 111 Å². The lowest BCUT2D eigenvalue weighted by Gasteiger charge is -2.24. The summed E-state index contributed by atoms with van der Waals surface area (Å²) in [7, 11) is 0. The van der Waals surface area contributed by atoms with Crippen molar-refractivity contribution in [3.05, 3.63) is 22.4 Å². The number of hydrogen-bond donors (Lipinski definition) is 2. The number of nitrogens with zero attached hydrogens (tertiary/aromatic N) is 1. The summed E-state index contributed by atoms with van der Waals surface area (Å²) in [4.78, 5) is 25.5. The van der Waals surface area contributed by atoms with Crippen LogP contribution in [0.3, 0.4) is 0 Å². The monoisotopic (exact) mass is 269 g/mol. The van der Waals surface area contributed by atoms with Crippen molar-refractivity contribution < 1.29 is 9.59 Å². The lowest BCUT2D eigenvalue weighted by atomic mass is 10.3. The molecule has 0 saturated heterocycles. The molecular formula is C12H19N3O2S. The van der Waals surface area contributed by atoms with Crippen molar-refractivity contribution >= 4 is 23.2 Å². The average Bonchev–Trinajstić information content (AvgIpc) is 2.77. The third kappa shape index (κ3) is 5.29. The van der Waals surface area contributed by atoms with Gasteiger partial charge in [-0.3, -0.25) is 14.5 Å². The van der Waals surface area contributed by atoms with E-state index >= 15 is 0 Å². The second-order valence-corrected chi connectivity index (χ2v) is 5.35. The van der Waals surface area contributed by atoms with Gasteiger partial charge in [-0.15, -0.1) is 11.3 Å². The Morgan fingerprint density at radius 2 is 2.17 bits per heavy atom. The molecule has 0 aliphatic carbocycles. The lowest BCUT2D eigenvalue weighted by Crippen LogP contribution is -2.44. The van der Waals surface area contributed by atoms with Gasteiger partial charge in [-0.25, -0.2) is 0 Å². The Balaban J connectivity index is 2.38. The quantitative estimate of drug-likeness (QED) is 0.759. The Hall–Kier alpha value is -1.40. The van der Waals surface area contributed by atoms with Crippen molar-refractivity contribution in [2.75, 3.05) is 13.1 Å². The van der Waals surface area contributed by atoms with Crippen molar-refractivity contribution in [1.82, 2.24) is 10.2 Å². The molecule has 0 aliphatic heterocycles. The van der Waals surface area contributed by atoms with Crippen LogP contribution in [0.2, 0.25) is 0 Å². The number of rotatable bonds is 7. The first-order chi connectivity index (χ1) is 8.49. The molecule has 1 aromatic rings. The molecule has 5 nitrogen and oxygen atoms in total. The van der Waals surface area contributed by atoms with Crippen LogP contribution in [-0.2, 0) is 16.1 Å². The minimum atomic E-state index is -0.422. The van der Waals surface area contributed by atoms with Crippen LogP contribution in [-0.4, -0.2) is 35.8 Å². The predicted octanol–water partition coefficient (Wildman–Crippen LogP) is 0.560. The van der Waals surface area contributed by atoms with E-state index in [4.69, 9.17) is 5.73 Å². The van der Waals surface area contributed by atoms with Gasteiger partial charge < -0.3 is 11.1 Å². The number of thiophene rings is 1. The van der Waals surface area contributed by atoms with E-state index in [0.717, 1.165) is 4.88 Å². The van der Waals surface area contributed by atoms with Gasteiger partial charge in [0.05, 0.1) is 19.6 Å². The summed E-state index contributed by atoms with van der Waals surface area (Å²) in [6.45, 7) is 4.67. The average molecular weight is 269 g/mol.